The third-order valence-electron chi connectivity index (χ3n) is 4.42. The van der Waals surface area contributed by atoms with Crippen molar-refractivity contribution >= 4 is 15.7 Å². The summed E-state index contributed by atoms with van der Waals surface area (Å²) in [5.41, 5.74) is 3.29. The molecule has 0 fully saturated rings. The fraction of sp³-hybridized carbons (Fsp3) is 0.211. The van der Waals surface area contributed by atoms with Crippen molar-refractivity contribution in [2.24, 2.45) is 0 Å². The molecule has 0 saturated carbocycles. The van der Waals surface area contributed by atoms with Crippen molar-refractivity contribution in [3.05, 3.63) is 66.1 Å². The van der Waals surface area contributed by atoms with E-state index in [0.717, 1.165) is 24.0 Å². The Morgan fingerprint density at radius 2 is 1.96 bits per heavy atom. The van der Waals surface area contributed by atoms with E-state index in [1.807, 2.05) is 25.1 Å². The van der Waals surface area contributed by atoms with E-state index in [9.17, 15) is 8.42 Å². The number of benzene rings is 1. The predicted molar refractivity (Wildman–Crippen MR) is 96.0 cm³/mol. The Hall–Kier alpha value is -2.60. The quantitative estimate of drug-likeness (QED) is 0.718. The molecule has 3 heterocycles. The van der Waals surface area contributed by atoms with Gasteiger partial charge in [0.1, 0.15) is 5.69 Å². The molecule has 4 rings (SSSR count). The molecule has 1 aliphatic heterocycles. The van der Waals surface area contributed by atoms with Crippen molar-refractivity contribution in [1.29, 1.82) is 0 Å². The lowest BCUT2D eigenvalue weighted by Gasteiger charge is -2.30. The van der Waals surface area contributed by atoms with Gasteiger partial charge in [0.25, 0.3) is 10.0 Å². The van der Waals surface area contributed by atoms with Crippen LogP contribution < -0.4 is 4.31 Å². The monoisotopic (exact) mass is 354 g/mol. The first-order valence-electron chi connectivity index (χ1n) is 8.18. The SMILES string of the molecule is Cc1ccc(S(=O)(=O)N2CCCc3cnc(-c4ccco4)cc32)cc1. The van der Waals surface area contributed by atoms with Crippen molar-refractivity contribution < 1.29 is 12.8 Å². The number of sulfonamides is 1. The summed E-state index contributed by atoms with van der Waals surface area (Å²) in [7, 11) is -3.60. The lowest BCUT2D eigenvalue weighted by molar-refractivity contribution is 0.578. The smallest absolute Gasteiger partial charge is 0.264 e. The highest BCUT2D eigenvalue weighted by molar-refractivity contribution is 7.92. The molecule has 0 atom stereocenters. The van der Waals surface area contributed by atoms with Crippen LogP contribution in [0.4, 0.5) is 5.69 Å². The normalized spacial score (nSPS) is 14.4. The van der Waals surface area contributed by atoms with Gasteiger partial charge in [0, 0.05) is 12.7 Å². The summed E-state index contributed by atoms with van der Waals surface area (Å²) < 4.78 is 33.2. The van der Waals surface area contributed by atoms with Gasteiger partial charge in [-0.25, -0.2) is 8.42 Å². The molecule has 6 heteroatoms. The van der Waals surface area contributed by atoms with Gasteiger partial charge in [0.15, 0.2) is 5.76 Å². The fourth-order valence-corrected chi connectivity index (χ4v) is 4.61. The zero-order valence-corrected chi connectivity index (χ0v) is 14.7. The Bertz CT molecular complexity index is 994. The number of furan rings is 1. The van der Waals surface area contributed by atoms with E-state index in [4.69, 9.17) is 4.42 Å². The van der Waals surface area contributed by atoms with Gasteiger partial charge in [-0.3, -0.25) is 9.29 Å². The molecule has 3 aromatic rings. The van der Waals surface area contributed by atoms with Gasteiger partial charge in [-0.15, -0.1) is 0 Å². The highest BCUT2D eigenvalue weighted by Gasteiger charge is 2.29. The van der Waals surface area contributed by atoms with E-state index >= 15 is 0 Å². The number of pyridine rings is 1. The van der Waals surface area contributed by atoms with Crippen LogP contribution >= 0.6 is 0 Å². The maximum Gasteiger partial charge on any atom is 0.264 e. The Kier molecular flexibility index (Phi) is 3.84. The maximum atomic E-state index is 13.1. The molecule has 0 bridgehead atoms. The Morgan fingerprint density at radius 3 is 2.68 bits per heavy atom. The summed E-state index contributed by atoms with van der Waals surface area (Å²) in [6.45, 7) is 2.40. The van der Waals surface area contributed by atoms with E-state index in [1.54, 1.807) is 36.7 Å². The Balaban J connectivity index is 1.80. The zero-order valence-electron chi connectivity index (χ0n) is 13.8. The average molecular weight is 354 g/mol. The van der Waals surface area contributed by atoms with Crippen LogP contribution in [0.5, 0.6) is 0 Å². The minimum atomic E-state index is -3.60. The topological polar surface area (TPSA) is 63.4 Å². The summed E-state index contributed by atoms with van der Waals surface area (Å²) >= 11 is 0. The number of aromatic nitrogens is 1. The Labute approximate surface area is 147 Å². The largest absolute Gasteiger partial charge is 0.463 e. The molecule has 2 aromatic heterocycles. The second-order valence-corrected chi connectivity index (χ2v) is 8.03. The Morgan fingerprint density at radius 1 is 1.16 bits per heavy atom. The van der Waals surface area contributed by atoms with Crippen LogP contribution in [0.25, 0.3) is 11.5 Å². The van der Waals surface area contributed by atoms with Gasteiger partial charge in [-0.1, -0.05) is 17.7 Å². The molecular formula is C19H18N2O3S. The number of hydrogen-bond donors (Lipinski definition) is 0. The third kappa shape index (κ3) is 2.82. The molecule has 0 spiro atoms. The van der Waals surface area contributed by atoms with E-state index in [1.165, 1.54) is 4.31 Å². The molecule has 0 N–H and O–H groups in total. The van der Waals surface area contributed by atoms with Crippen LogP contribution in [0.1, 0.15) is 17.5 Å². The molecule has 0 aliphatic carbocycles. The van der Waals surface area contributed by atoms with Crippen molar-refractivity contribution in [1.82, 2.24) is 4.98 Å². The summed E-state index contributed by atoms with van der Waals surface area (Å²) in [6.07, 6.45) is 4.93. The zero-order chi connectivity index (χ0) is 17.4. The second kappa shape index (κ2) is 6.04. The minimum Gasteiger partial charge on any atom is -0.463 e. The van der Waals surface area contributed by atoms with Crippen molar-refractivity contribution in [2.45, 2.75) is 24.7 Å². The summed E-state index contributed by atoms with van der Waals surface area (Å²) in [4.78, 5) is 4.73. The second-order valence-electron chi connectivity index (χ2n) is 6.17. The lowest BCUT2D eigenvalue weighted by Crippen LogP contribution is -2.35. The third-order valence-corrected chi connectivity index (χ3v) is 6.25. The predicted octanol–water partition coefficient (Wildman–Crippen LogP) is 3.79. The highest BCUT2D eigenvalue weighted by Crippen LogP contribution is 2.34. The first kappa shape index (κ1) is 15.9. The number of fused-ring (bicyclic) bond motifs is 1. The fourth-order valence-electron chi connectivity index (χ4n) is 3.08. The van der Waals surface area contributed by atoms with E-state index in [0.29, 0.717) is 28.6 Å². The van der Waals surface area contributed by atoms with E-state index < -0.39 is 10.0 Å². The lowest BCUT2D eigenvalue weighted by atomic mass is 10.1. The van der Waals surface area contributed by atoms with Crippen LogP contribution in [-0.4, -0.2) is 19.9 Å². The summed E-state index contributed by atoms with van der Waals surface area (Å²) in [5.74, 6) is 0.626. The standard InChI is InChI=1S/C19H18N2O3S/c1-14-6-8-16(9-7-14)25(22,23)21-10-2-4-15-13-20-17(12-18(15)21)19-5-3-11-24-19/h3,5-9,11-13H,2,4,10H2,1H3. The van der Waals surface area contributed by atoms with Gasteiger partial charge in [-0.2, -0.15) is 0 Å². The summed E-state index contributed by atoms with van der Waals surface area (Å²) in [6, 6.07) is 12.4. The number of rotatable bonds is 3. The van der Waals surface area contributed by atoms with E-state index in [2.05, 4.69) is 4.98 Å². The number of anilines is 1. The molecule has 0 unspecified atom stereocenters. The van der Waals surface area contributed by atoms with Gasteiger partial charge in [0.2, 0.25) is 0 Å². The molecule has 128 valence electrons. The molecule has 0 radical (unpaired) electrons. The number of aryl methyl sites for hydroxylation is 2. The van der Waals surface area contributed by atoms with Crippen molar-refractivity contribution in [3.63, 3.8) is 0 Å². The molecule has 0 amide bonds. The molecule has 1 aliphatic rings. The molecular weight excluding hydrogens is 336 g/mol. The number of hydrogen-bond acceptors (Lipinski definition) is 4. The number of nitrogens with zero attached hydrogens (tertiary/aromatic N) is 2. The first-order valence-corrected chi connectivity index (χ1v) is 9.62. The van der Waals surface area contributed by atoms with Gasteiger partial charge in [0.05, 0.1) is 16.8 Å². The van der Waals surface area contributed by atoms with Crippen LogP contribution in [0, 0.1) is 6.92 Å². The first-order chi connectivity index (χ1) is 12.1. The van der Waals surface area contributed by atoms with Crippen molar-refractivity contribution in [2.75, 3.05) is 10.8 Å². The molecule has 5 nitrogen and oxygen atoms in total. The van der Waals surface area contributed by atoms with Gasteiger partial charge < -0.3 is 4.42 Å². The van der Waals surface area contributed by atoms with Crippen LogP contribution in [0.3, 0.4) is 0 Å². The van der Waals surface area contributed by atoms with Crippen LogP contribution in [0.15, 0.2) is 64.2 Å². The molecule has 0 saturated heterocycles. The van der Waals surface area contributed by atoms with Crippen LogP contribution in [0.2, 0.25) is 0 Å². The minimum absolute atomic E-state index is 0.308. The van der Waals surface area contributed by atoms with Gasteiger partial charge in [-0.05, 0) is 55.7 Å². The van der Waals surface area contributed by atoms with Gasteiger partial charge >= 0.3 is 0 Å². The van der Waals surface area contributed by atoms with Crippen molar-refractivity contribution in [3.8, 4) is 11.5 Å². The highest BCUT2D eigenvalue weighted by atomic mass is 32.2. The molecule has 25 heavy (non-hydrogen) atoms. The van der Waals surface area contributed by atoms with Crippen LogP contribution in [-0.2, 0) is 16.4 Å². The van der Waals surface area contributed by atoms with E-state index in [-0.39, 0.29) is 0 Å². The maximum absolute atomic E-state index is 13.1. The molecule has 1 aromatic carbocycles. The summed E-state index contributed by atoms with van der Waals surface area (Å²) in [5, 5.41) is 0. The average Bonchev–Trinajstić information content (AvgIpc) is 3.16.